The molecule has 1 atom stereocenters. The van der Waals surface area contributed by atoms with Crippen molar-refractivity contribution in [1.29, 1.82) is 0 Å². The Balaban J connectivity index is 1.75. The molecule has 0 bridgehead atoms. The molecule has 5 nitrogen and oxygen atoms in total. The van der Waals surface area contributed by atoms with E-state index in [1.54, 1.807) is 23.5 Å². The van der Waals surface area contributed by atoms with Gasteiger partial charge in [-0.2, -0.15) is 0 Å². The Morgan fingerprint density at radius 3 is 2.43 bits per heavy atom. The first-order valence-corrected chi connectivity index (χ1v) is 12.1. The van der Waals surface area contributed by atoms with E-state index >= 15 is 0 Å². The van der Waals surface area contributed by atoms with Crippen LogP contribution in [0.4, 0.5) is 0 Å². The molecule has 1 amide bonds. The molecule has 0 spiro atoms. The standard InChI is InChI=1S/C20H22N2O3S3/c1-14(2)19(18-9-5-11-27-18)22-20(23)15-6-3-8-17(12-15)28(24,25)21-13-16-7-4-10-26-16/h3-12,14,19,21H,13H2,1-2H3,(H,22,23)/t19-/m1/s1. The molecule has 0 unspecified atom stereocenters. The molecule has 0 fully saturated rings. The maximum absolute atomic E-state index is 12.8. The number of hydrogen-bond donors (Lipinski definition) is 2. The van der Waals surface area contributed by atoms with Crippen LogP contribution in [-0.2, 0) is 16.6 Å². The van der Waals surface area contributed by atoms with Crippen molar-refractivity contribution in [2.24, 2.45) is 5.92 Å². The summed E-state index contributed by atoms with van der Waals surface area (Å²) in [6.45, 7) is 4.31. The van der Waals surface area contributed by atoms with E-state index in [9.17, 15) is 13.2 Å². The van der Waals surface area contributed by atoms with E-state index in [2.05, 4.69) is 10.0 Å². The molecule has 28 heavy (non-hydrogen) atoms. The number of amides is 1. The molecule has 1 aromatic carbocycles. The highest BCUT2D eigenvalue weighted by atomic mass is 32.2. The summed E-state index contributed by atoms with van der Waals surface area (Å²) >= 11 is 3.07. The molecule has 148 valence electrons. The van der Waals surface area contributed by atoms with Crippen molar-refractivity contribution < 1.29 is 13.2 Å². The van der Waals surface area contributed by atoms with Crippen LogP contribution in [0.25, 0.3) is 0 Å². The Bertz CT molecular complexity index is 1010. The molecule has 0 aliphatic heterocycles. The van der Waals surface area contributed by atoms with Crippen molar-refractivity contribution in [2.75, 3.05) is 0 Å². The highest BCUT2D eigenvalue weighted by molar-refractivity contribution is 7.89. The minimum Gasteiger partial charge on any atom is -0.344 e. The first kappa shape index (κ1) is 20.7. The summed E-state index contributed by atoms with van der Waals surface area (Å²) in [5.41, 5.74) is 0.321. The minimum atomic E-state index is -3.70. The number of thiophene rings is 2. The van der Waals surface area contributed by atoms with Gasteiger partial charge in [0.1, 0.15) is 0 Å². The van der Waals surface area contributed by atoms with E-state index < -0.39 is 10.0 Å². The monoisotopic (exact) mass is 434 g/mol. The fourth-order valence-electron chi connectivity index (χ4n) is 2.73. The molecule has 0 radical (unpaired) electrons. The number of carbonyl (C=O) groups is 1. The molecule has 0 saturated carbocycles. The molecule has 8 heteroatoms. The Hall–Kier alpha value is -2.00. The number of sulfonamides is 1. The molecular formula is C20H22N2O3S3. The molecule has 2 N–H and O–H groups in total. The highest BCUT2D eigenvalue weighted by Gasteiger charge is 2.21. The largest absolute Gasteiger partial charge is 0.344 e. The fourth-order valence-corrected chi connectivity index (χ4v) is 5.46. The van der Waals surface area contributed by atoms with Crippen LogP contribution in [0.2, 0.25) is 0 Å². The van der Waals surface area contributed by atoms with Gasteiger partial charge in [-0.1, -0.05) is 32.0 Å². The molecule has 2 heterocycles. The van der Waals surface area contributed by atoms with Crippen LogP contribution in [0.3, 0.4) is 0 Å². The van der Waals surface area contributed by atoms with Crippen LogP contribution in [-0.4, -0.2) is 14.3 Å². The first-order chi connectivity index (χ1) is 13.4. The van der Waals surface area contributed by atoms with Gasteiger partial charge in [0.25, 0.3) is 5.91 Å². The number of nitrogens with one attached hydrogen (secondary N) is 2. The minimum absolute atomic E-state index is 0.0777. The van der Waals surface area contributed by atoms with Crippen LogP contribution < -0.4 is 10.0 Å². The van der Waals surface area contributed by atoms with E-state index in [1.165, 1.54) is 23.5 Å². The lowest BCUT2D eigenvalue weighted by Gasteiger charge is -2.21. The van der Waals surface area contributed by atoms with Gasteiger partial charge in [0.05, 0.1) is 10.9 Å². The summed E-state index contributed by atoms with van der Waals surface area (Å²) in [4.78, 5) is 14.8. The SMILES string of the molecule is CC(C)[C@@H](NC(=O)c1cccc(S(=O)(=O)NCc2cccs2)c1)c1cccs1. The third-order valence-corrected chi connectivity index (χ3v) is 7.46. The van der Waals surface area contributed by atoms with E-state index in [-0.39, 0.29) is 29.3 Å². The lowest BCUT2D eigenvalue weighted by Crippen LogP contribution is -2.31. The number of rotatable bonds is 8. The van der Waals surface area contributed by atoms with Crippen molar-refractivity contribution in [3.63, 3.8) is 0 Å². The second-order valence-electron chi connectivity index (χ2n) is 6.64. The van der Waals surface area contributed by atoms with Crippen molar-refractivity contribution >= 4 is 38.6 Å². The predicted molar refractivity (Wildman–Crippen MR) is 114 cm³/mol. The normalized spacial score (nSPS) is 12.8. The van der Waals surface area contributed by atoms with Gasteiger partial charge in [0.15, 0.2) is 0 Å². The molecular weight excluding hydrogens is 412 g/mol. The van der Waals surface area contributed by atoms with Crippen LogP contribution >= 0.6 is 22.7 Å². The van der Waals surface area contributed by atoms with E-state index in [0.29, 0.717) is 5.56 Å². The van der Waals surface area contributed by atoms with E-state index in [0.717, 1.165) is 9.75 Å². The van der Waals surface area contributed by atoms with Gasteiger partial charge in [0.2, 0.25) is 10.0 Å². The zero-order valence-electron chi connectivity index (χ0n) is 15.6. The molecule has 0 aliphatic carbocycles. The quantitative estimate of drug-likeness (QED) is 0.551. The van der Waals surface area contributed by atoms with Crippen LogP contribution in [0, 0.1) is 5.92 Å². The van der Waals surface area contributed by atoms with Gasteiger partial charge in [-0.25, -0.2) is 13.1 Å². The second kappa shape index (κ2) is 9.00. The van der Waals surface area contributed by atoms with Gasteiger partial charge in [-0.05, 0) is 47.0 Å². The van der Waals surface area contributed by atoms with E-state index in [1.807, 2.05) is 48.9 Å². The maximum Gasteiger partial charge on any atom is 0.251 e. The summed E-state index contributed by atoms with van der Waals surface area (Å²) < 4.78 is 27.7. The average molecular weight is 435 g/mol. The average Bonchev–Trinajstić information content (AvgIpc) is 3.38. The molecule has 3 aromatic rings. The predicted octanol–water partition coefficient (Wildman–Crippen LogP) is 4.42. The van der Waals surface area contributed by atoms with E-state index in [4.69, 9.17) is 0 Å². The first-order valence-electron chi connectivity index (χ1n) is 8.83. The summed E-state index contributed by atoms with van der Waals surface area (Å²) in [5.74, 6) is -0.0793. The van der Waals surface area contributed by atoms with Crippen molar-refractivity contribution in [1.82, 2.24) is 10.0 Å². The molecule has 0 saturated heterocycles. The van der Waals surface area contributed by atoms with Gasteiger partial charge < -0.3 is 5.32 Å². The lowest BCUT2D eigenvalue weighted by atomic mass is 10.0. The summed E-state index contributed by atoms with van der Waals surface area (Å²) in [5, 5.41) is 6.90. The van der Waals surface area contributed by atoms with Gasteiger partial charge in [-0.15, -0.1) is 22.7 Å². The third kappa shape index (κ3) is 5.08. The Morgan fingerprint density at radius 1 is 1.04 bits per heavy atom. The highest BCUT2D eigenvalue weighted by Crippen LogP contribution is 2.26. The Kier molecular flexibility index (Phi) is 6.66. The lowest BCUT2D eigenvalue weighted by molar-refractivity contribution is 0.0926. The second-order valence-corrected chi connectivity index (χ2v) is 10.4. The van der Waals surface area contributed by atoms with Crippen molar-refractivity contribution in [2.45, 2.75) is 31.3 Å². The summed E-state index contributed by atoms with van der Waals surface area (Å²) in [7, 11) is -3.70. The number of hydrogen-bond acceptors (Lipinski definition) is 5. The zero-order valence-corrected chi connectivity index (χ0v) is 18.0. The van der Waals surface area contributed by atoms with Crippen molar-refractivity contribution in [3.8, 4) is 0 Å². The molecule has 0 aliphatic rings. The van der Waals surface area contributed by atoms with Gasteiger partial charge in [0, 0.05) is 21.9 Å². The Morgan fingerprint density at radius 2 is 1.79 bits per heavy atom. The zero-order chi connectivity index (χ0) is 20.1. The summed E-state index contributed by atoms with van der Waals surface area (Å²) in [6.07, 6.45) is 0. The van der Waals surface area contributed by atoms with Crippen LogP contribution in [0.15, 0.2) is 64.2 Å². The fraction of sp³-hybridized carbons (Fsp3) is 0.250. The van der Waals surface area contributed by atoms with Crippen LogP contribution in [0.1, 0.15) is 40.0 Å². The van der Waals surface area contributed by atoms with Gasteiger partial charge in [-0.3, -0.25) is 4.79 Å². The van der Waals surface area contributed by atoms with Crippen molar-refractivity contribution in [3.05, 3.63) is 74.6 Å². The molecule has 2 aromatic heterocycles. The smallest absolute Gasteiger partial charge is 0.251 e. The topological polar surface area (TPSA) is 75.3 Å². The molecule has 3 rings (SSSR count). The third-order valence-electron chi connectivity index (χ3n) is 4.23. The summed E-state index contributed by atoms with van der Waals surface area (Å²) in [6, 6.07) is 13.7. The number of benzene rings is 1. The van der Waals surface area contributed by atoms with Gasteiger partial charge >= 0.3 is 0 Å². The number of carbonyl (C=O) groups excluding carboxylic acids is 1. The maximum atomic E-state index is 12.8. The Labute approximate surface area is 173 Å². The van der Waals surface area contributed by atoms with Crippen LogP contribution in [0.5, 0.6) is 0 Å².